The van der Waals surface area contributed by atoms with Gasteiger partial charge in [0.1, 0.15) is 0 Å². The molecule has 0 bridgehead atoms. The van der Waals surface area contributed by atoms with Gasteiger partial charge in [-0.05, 0) is 70.2 Å². The van der Waals surface area contributed by atoms with Gasteiger partial charge in [0.2, 0.25) is 0 Å². The molecule has 0 N–H and O–H groups in total. The molecular formula is C21H35N. The monoisotopic (exact) mass is 301 g/mol. The molecule has 0 saturated heterocycles. The maximum atomic E-state index is 2.68. The summed E-state index contributed by atoms with van der Waals surface area (Å²) in [6.45, 7) is 1.23. The Hall–Kier alpha value is -0.560. The highest BCUT2D eigenvalue weighted by molar-refractivity contribution is 5.39. The van der Waals surface area contributed by atoms with E-state index in [-0.39, 0.29) is 0 Å². The van der Waals surface area contributed by atoms with Crippen molar-refractivity contribution in [3.05, 3.63) is 23.3 Å². The summed E-state index contributed by atoms with van der Waals surface area (Å²) < 4.78 is 0. The third kappa shape index (κ3) is 4.04. The van der Waals surface area contributed by atoms with E-state index in [2.05, 4.69) is 31.1 Å². The second kappa shape index (κ2) is 7.81. The molecule has 3 rings (SSSR count). The van der Waals surface area contributed by atoms with Gasteiger partial charge >= 0.3 is 0 Å². The number of hydrogen-bond acceptors (Lipinski definition) is 1. The first-order valence-corrected chi connectivity index (χ1v) is 9.82. The van der Waals surface area contributed by atoms with Gasteiger partial charge in [-0.15, -0.1) is 0 Å². The Morgan fingerprint density at radius 1 is 0.864 bits per heavy atom. The van der Waals surface area contributed by atoms with E-state index >= 15 is 0 Å². The Kier molecular flexibility index (Phi) is 5.79. The van der Waals surface area contributed by atoms with Crippen molar-refractivity contribution in [2.75, 3.05) is 20.6 Å². The van der Waals surface area contributed by atoms with E-state index in [1.807, 2.05) is 5.57 Å². The van der Waals surface area contributed by atoms with Crippen molar-refractivity contribution in [3.63, 3.8) is 0 Å². The lowest BCUT2D eigenvalue weighted by atomic mass is 9.79. The molecule has 1 unspecified atom stereocenters. The standard InChI is InChI=1S/C21H35N/c1-22(2)14-13-19-15-20(17-9-5-3-6-10-17)16-21(19)18-11-7-4-8-12-18/h15-19H,3-14H2,1-2H3. The first-order chi connectivity index (χ1) is 10.7. The molecule has 0 aromatic heterocycles. The Morgan fingerprint density at radius 3 is 2.05 bits per heavy atom. The predicted octanol–water partition coefficient (Wildman–Crippen LogP) is 5.58. The summed E-state index contributed by atoms with van der Waals surface area (Å²) in [6.07, 6.45) is 21.2. The average Bonchev–Trinajstić information content (AvgIpc) is 2.99. The van der Waals surface area contributed by atoms with Gasteiger partial charge < -0.3 is 4.90 Å². The van der Waals surface area contributed by atoms with Crippen LogP contribution in [0, 0.1) is 17.8 Å². The molecule has 0 spiro atoms. The molecule has 1 atom stereocenters. The van der Waals surface area contributed by atoms with Crippen LogP contribution in [0.15, 0.2) is 23.3 Å². The number of nitrogens with zero attached hydrogens (tertiary/aromatic N) is 1. The van der Waals surface area contributed by atoms with E-state index in [0.717, 1.165) is 17.8 Å². The Bertz CT molecular complexity index is 406. The van der Waals surface area contributed by atoms with Crippen LogP contribution >= 0.6 is 0 Å². The van der Waals surface area contributed by atoms with E-state index in [1.165, 1.54) is 77.2 Å². The minimum absolute atomic E-state index is 0.752. The van der Waals surface area contributed by atoms with E-state index in [4.69, 9.17) is 0 Å². The fourth-order valence-electron chi connectivity index (χ4n) is 4.87. The molecule has 0 aromatic carbocycles. The lowest BCUT2D eigenvalue weighted by Crippen LogP contribution is -2.19. The molecule has 1 nitrogen and oxygen atoms in total. The largest absolute Gasteiger partial charge is 0.309 e. The van der Waals surface area contributed by atoms with Crippen LogP contribution in [0.3, 0.4) is 0 Å². The molecule has 22 heavy (non-hydrogen) atoms. The normalized spacial score (nSPS) is 28.0. The van der Waals surface area contributed by atoms with Gasteiger partial charge in [-0.1, -0.05) is 56.3 Å². The SMILES string of the molecule is CN(C)CCC1C=C(C2CCCCC2)C=C1C1CCCCC1. The van der Waals surface area contributed by atoms with E-state index in [0.29, 0.717) is 0 Å². The minimum Gasteiger partial charge on any atom is -0.309 e. The van der Waals surface area contributed by atoms with Crippen LogP contribution in [0.5, 0.6) is 0 Å². The van der Waals surface area contributed by atoms with Crippen LogP contribution in [0.25, 0.3) is 0 Å². The van der Waals surface area contributed by atoms with Gasteiger partial charge in [0, 0.05) is 5.92 Å². The number of rotatable bonds is 5. The zero-order chi connectivity index (χ0) is 15.4. The predicted molar refractivity (Wildman–Crippen MR) is 96.0 cm³/mol. The molecule has 2 saturated carbocycles. The molecular weight excluding hydrogens is 266 g/mol. The van der Waals surface area contributed by atoms with E-state index in [1.54, 1.807) is 5.57 Å². The molecule has 124 valence electrons. The second-order valence-corrected chi connectivity index (χ2v) is 8.18. The van der Waals surface area contributed by atoms with Gasteiger partial charge in [-0.25, -0.2) is 0 Å². The van der Waals surface area contributed by atoms with Crippen LogP contribution < -0.4 is 0 Å². The highest BCUT2D eigenvalue weighted by Crippen LogP contribution is 2.43. The average molecular weight is 302 g/mol. The van der Waals surface area contributed by atoms with E-state index < -0.39 is 0 Å². The summed E-state index contributed by atoms with van der Waals surface area (Å²) in [5.74, 6) is 2.54. The minimum atomic E-state index is 0.752. The van der Waals surface area contributed by atoms with Crippen molar-refractivity contribution in [3.8, 4) is 0 Å². The molecule has 2 fully saturated rings. The highest BCUT2D eigenvalue weighted by Gasteiger charge is 2.29. The molecule has 3 aliphatic rings. The quantitative estimate of drug-likeness (QED) is 0.640. The first kappa shape index (κ1) is 16.3. The van der Waals surface area contributed by atoms with E-state index in [9.17, 15) is 0 Å². The fourth-order valence-corrected chi connectivity index (χ4v) is 4.87. The van der Waals surface area contributed by atoms with Gasteiger partial charge in [0.05, 0.1) is 0 Å². The topological polar surface area (TPSA) is 3.24 Å². The van der Waals surface area contributed by atoms with Crippen LogP contribution in [0.4, 0.5) is 0 Å². The fraction of sp³-hybridized carbons (Fsp3) is 0.810. The van der Waals surface area contributed by atoms with Crippen molar-refractivity contribution in [2.45, 2.75) is 70.6 Å². The van der Waals surface area contributed by atoms with Gasteiger partial charge in [-0.3, -0.25) is 0 Å². The number of hydrogen-bond donors (Lipinski definition) is 0. The Labute approximate surface area is 137 Å². The summed E-state index contributed by atoms with van der Waals surface area (Å²) in [5.41, 5.74) is 3.55. The van der Waals surface area contributed by atoms with Gasteiger partial charge in [0.25, 0.3) is 0 Å². The molecule has 1 heteroatoms. The Morgan fingerprint density at radius 2 is 1.45 bits per heavy atom. The van der Waals surface area contributed by atoms with Crippen LogP contribution in [0.1, 0.15) is 70.6 Å². The lowest BCUT2D eigenvalue weighted by Gasteiger charge is -2.27. The smallest absolute Gasteiger partial charge is 0.0000792 e. The second-order valence-electron chi connectivity index (χ2n) is 8.18. The van der Waals surface area contributed by atoms with Crippen molar-refractivity contribution in [1.29, 1.82) is 0 Å². The maximum absolute atomic E-state index is 2.68. The molecule has 0 aliphatic heterocycles. The summed E-state index contributed by atoms with van der Waals surface area (Å²) in [5, 5.41) is 0. The molecule has 0 aromatic rings. The van der Waals surface area contributed by atoms with Crippen molar-refractivity contribution in [2.24, 2.45) is 17.8 Å². The van der Waals surface area contributed by atoms with Crippen LogP contribution in [0.2, 0.25) is 0 Å². The zero-order valence-corrected chi connectivity index (χ0v) is 14.8. The highest BCUT2D eigenvalue weighted by atomic mass is 15.0. The summed E-state index contributed by atoms with van der Waals surface area (Å²) in [6, 6.07) is 0. The molecule has 0 amide bonds. The Balaban J connectivity index is 1.71. The summed E-state index contributed by atoms with van der Waals surface area (Å²) >= 11 is 0. The van der Waals surface area contributed by atoms with Gasteiger partial charge in [0.15, 0.2) is 0 Å². The molecule has 0 radical (unpaired) electrons. The third-order valence-corrected chi connectivity index (χ3v) is 6.20. The third-order valence-electron chi connectivity index (χ3n) is 6.20. The van der Waals surface area contributed by atoms with Crippen molar-refractivity contribution < 1.29 is 0 Å². The summed E-state index contributed by atoms with van der Waals surface area (Å²) in [7, 11) is 4.43. The molecule has 0 heterocycles. The van der Waals surface area contributed by atoms with Crippen molar-refractivity contribution in [1.82, 2.24) is 4.90 Å². The molecule has 3 aliphatic carbocycles. The lowest BCUT2D eigenvalue weighted by molar-refractivity contribution is 0.352. The maximum Gasteiger partial charge on any atom is 0.0000792 e. The van der Waals surface area contributed by atoms with Crippen LogP contribution in [-0.2, 0) is 0 Å². The number of allylic oxidation sites excluding steroid dienone is 4. The summed E-state index contributed by atoms with van der Waals surface area (Å²) in [4.78, 5) is 2.35. The zero-order valence-electron chi connectivity index (χ0n) is 14.8. The first-order valence-electron chi connectivity index (χ1n) is 9.82. The van der Waals surface area contributed by atoms with Crippen molar-refractivity contribution >= 4 is 0 Å². The van der Waals surface area contributed by atoms with Gasteiger partial charge in [-0.2, -0.15) is 0 Å². The van der Waals surface area contributed by atoms with Crippen LogP contribution in [-0.4, -0.2) is 25.5 Å².